The van der Waals surface area contributed by atoms with Gasteiger partial charge >= 0.3 is 0 Å². The van der Waals surface area contributed by atoms with Gasteiger partial charge in [-0.1, -0.05) is 35.5 Å². The number of carbonyl (C=O) groups is 1. The molecule has 1 amide bonds. The number of benzene rings is 2. The molecule has 1 aromatic heterocycles. The predicted octanol–water partition coefficient (Wildman–Crippen LogP) is 4.44. The van der Waals surface area contributed by atoms with Gasteiger partial charge in [0.2, 0.25) is 5.91 Å². The third-order valence-electron chi connectivity index (χ3n) is 3.49. The number of anilines is 1. The summed E-state index contributed by atoms with van der Waals surface area (Å²) in [4.78, 5) is 22.1. The smallest absolute Gasteiger partial charge is 0.269 e. The van der Waals surface area contributed by atoms with E-state index in [1.165, 1.54) is 36.0 Å². The van der Waals surface area contributed by atoms with Crippen molar-refractivity contribution in [3.63, 3.8) is 0 Å². The second kappa shape index (κ2) is 8.61. The van der Waals surface area contributed by atoms with E-state index in [2.05, 4.69) is 15.5 Å². The lowest BCUT2D eigenvalue weighted by atomic mass is 10.1. The van der Waals surface area contributed by atoms with Crippen LogP contribution in [0.25, 0.3) is 11.3 Å². The van der Waals surface area contributed by atoms with Gasteiger partial charge in [0.1, 0.15) is 5.03 Å². The Bertz CT molecular complexity index is 948. The Labute approximate surface area is 163 Å². The van der Waals surface area contributed by atoms with E-state index in [0.717, 1.165) is 5.56 Å². The Morgan fingerprint density at radius 1 is 1.04 bits per heavy atom. The number of aromatic nitrogens is 2. The summed E-state index contributed by atoms with van der Waals surface area (Å²) in [7, 11) is 0. The zero-order chi connectivity index (χ0) is 19.2. The molecule has 0 atom stereocenters. The van der Waals surface area contributed by atoms with Crippen molar-refractivity contribution in [2.45, 2.75) is 5.03 Å². The molecule has 0 fully saturated rings. The molecular weight excluding hydrogens is 388 g/mol. The molecular formula is C18H13ClN4O3S. The maximum absolute atomic E-state index is 12.0. The average molecular weight is 401 g/mol. The lowest BCUT2D eigenvalue weighted by Gasteiger charge is -2.05. The van der Waals surface area contributed by atoms with Crippen molar-refractivity contribution in [2.24, 2.45) is 0 Å². The number of hydrogen-bond donors (Lipinski definition) is 1. The fraction of sp³-hybridized carbons (Fsp3) is 0.0556. The van der Waals surface area contributed by atoms with Gasteiger partial charge in [-0.25, -0.2) is 0 Å². The number of nitrogens with one attached hydrogen (secondary N) is 1. The number of hydrogen-bond acceptors (Lipinski definition) is 6. The molecule has 0 saturated carbocycles. The first-order valence-electron chi connectivity index (χ1n) is 7.78. The molecule has 27 heavy (non-hydrogen) atoms. The highest BCUT2D eigenvalue weighted by molar-refractivity contribution is 7.99. The molecule has 136 valence electrons. The standard InChI is InChI=1S/C18H13ClN4O3S/c19-13-3-1-12(2-4-13)16-9-10-18(22-21-16)27-11-17(24)20-14-5-7-15(8-6-14)23(25)26/h1-10H,11H2,(H,20,24). The van der Waals surface area contributed by atoms with Gasteiger partial charge in [-0.15, -0.1) is 10.2 Å². The van der Waals surface area contributed by atoms with Crippen LogP contribution in [-0.2, 0) is 4.79 Å². The third-order valence-corrected chi connectivity index (χ3v) is 4.67. The molecule has 0 aliphatic carbocycles. The normalized spacial score (nSPS) is 10.4. The van der Waals surface area contributed by atoms with Gasteiger partial charge in [0.25, 0.3) is 5.69 Å². The topological polar surface area (TPSA) is 98.0 Å². The Morgan fingerprint density at radius 2 is 1.74 bits per heavy atom. The van der Waals surface area contributed by atoms with Gasteiger partial charge in [-0.05, 0) is 36.4 Å². The predicted molar refractivity (Wildman–Crippen MR) is 105 cm³/mol. The van der Waals surface area contributed by atoms with E-state index in [9.17, 15) is 14.9 Å². The number of nitro groups is 1. The van der Waals surface area contributed by atoms with Gasteiger partial charge in [-0.3, -0.25) is 14.9 Å². The number of thioether (sulfide) groups is 1. The third kappa shape index (κ3) is 5.25. The number of halogens is 1. The van der Waals surface area contributed by atoms with Crippen molar-refractivity contribution in [1.82, 2.24) is 10.2 Å². The summed E-state index contributed by atoms with van der Waals surface area (Å²) >= 11 is 7.11. The Hall–Kier alpha value is -2.97. The van der Waals surface area contributed by atoms with E-state index < -0.39 is 4.92 Å². The summed E-state index contributed by atoms with van der Waals surface area (Å²) < 4.78 is 0. The van der Waals surface area contributed by atoms with E-state index >= 15 is 0 Å². The maximum Gasteiger partial charge on any atom is 0.269 e. The summed E-state index contributed by atoms with van der Waals surface area (Å²) in [5.41, 5.74) is 2.08. The van der Waals surface area contributed by atoms with Gasteiger partial charge in [-0.2, -0.15) is 0 Å². The minimum atomic E-state index is -0.492. The van der Waals surface area contributed by atoms with Gasteiger partial charge < -0.3 is 5.32 Å². The van der Waals surface area contributed by atoms with Crippen LogP contribution in [0.2, 0.25) is 5.02 Å². The lowest BCUT2D eigenvalue weighted by molar-refractivity contribution is -0.384. The molecule has 7 nitrogen and oxygen atoms in total. The minimum absolute atomic E-state index is 0.0292. The summed E-state index contributed by atoms with van der Waals surface area (Å²) in [6.07, 6.45) is 0. The fourth-order valence-electron chi connectivity index (χ4n) is 2.17. The van der Waals surface area contributed by atoms with Crippen LogP contribution in [0.4, 0.5) is 11.4 Å². The molecule has 1 N–H and O–H groups in total. The first kappa shape index (κ1) is 18.8. The maximum atomic E-state index is 12.0. The van der Waals surface area contributed by atoms with Gasteiger partial charge in [0, 0.05) is 28.4 Å². The highest BCUT2D eigenvalue weighted by Crippen LogP contribution is 2.22. The Balaban J connectivity index is 1.54. The zero-order valence-corrected chi connectivity index (χ0v) is 15.4. The molecule has 1 heterocycles. The first-order chi connectivity index (χ1) is 13.0. The van der Waals surface area contributed by atoms with Gasteiger partial charge in [0.15, 0.2) is 0 Å². The van der Waals surface area contributed by atoms with Crippen molar-refractivity contribution < 1.29 is 9.72 Å². The van der Waals surface area contributed by atoms with E-state index in [1.54, 1.807) is 18.2 Å². The summed E-state index contributed by atoms with van der Waals surface area (Å²) in [5, 5.41) is 22.8. The number of nitrogens with zero attached hydrogens (tertiary/aromatic N) is 3. The van der Waals surface area contributed by atoms with Gasteiger partial charge in [0.05, 0.1) is 16.4 Å². The lowest BCUT2D eigenvalue weighted by Crippen LogP contribution is -2.14. The molecule has 9 heteroatoms. The Morgan fingerprint density at radius 3 is 2.33 bits per heavy atom. The van der Waals surface area contributed by atoms with Crippen molar-refractivity contribution in [1.29, 1.82) is 0 Å². The van der Waals surface area contributed by atoms with E-state index in [0.29, 0.717) is 21.4 Å². The van der Waals surface area contributed by atoms with Crippen molar-refractivity contribution in [3.8, 4) is 11.3 Å². The molecule has 0 aliphatic heterocycles. The van der Waals surface area contributed by atoms with Crippen LogP contribution >= 0.6 is 23.4 Å². The average Bonchev–Trinajstić information content (AvgIpc) is 2.68. The largest absolute Gasteiger partial charge is 0.325 e. The summed E-state index contributed by atoms with van der Waals surface area (Å²) in [6, 6.07) is 16.5. The molecule has 0 unspecified atom stereocenters. The fourth-order valence-corrected chi connectivity index (χ4v) is 2.91. The van der Waals surface area contributed by atoms with Crippen LogP contribution in [-0.4, -0.2) is 26.8 Å². The SMILES string of the molecule is O=C(CSc1ccc(-c2ccc(Cl)cc2)nn1)Nc1ccc([N+](=O)[O-])cc1. The van der Waals surface area contributed by atoms with Crippen molar-refractivity contribution >= 4 is 40.6 Å². The van der Waals surface area contributed by atoms with Crippen molar-refractivity contribution in [2.75, 3.05) is 11.1 Å². The summed E-state index contributed by atoms with van der Waals surface area (Å²) in [5.74, 6) is -0.0937. The molecule has 0 bridgehead atoms. The highest BCUT2D eigenvalue weighted by Gasteiger charge is 2.08. The number of rotatable bonds is 6. The van der Waals surface area contributed by atoms with E-state index in [1.807, 2.05) is 18.2 Å². The van der Waals surface area contributed by atoms with Crippen LogP contribution < -0.4 is 5.32 Å². The second-order valence-corrected chi connectivity index (χ2v) is 6.84. The molecule has 2 aromatic carbocycles. The van der Waals surface area contributed by atoms with Crippen molar-refractivity contribution in [3.05, 3.63) is 75.8 Å². The van der Waals surface area contributed by atoms with Crippen LogP contribution in [0.3, 0.4) is 0 Å². The summed E-state index contributed by atoms with van der Waals surface area (Å²) in [6.45, 7) is 0. The number of nitro benzene ring substituents is 1. The minimum Gasteiger partial charge on any atom is -0.325 e. The quantitative estimate of drug-likeness (QED) is 0.373. The highest BCUT2D eigenvalue weighted by atomic mass is 35.5. The van der Waals surface area contributed by atoms with Crippen LogP contribution in [0, 0.1) is 10.1 Å². The molecule has 0 radical (unpaired) electrons. The molecule has 3 rings (SSSR count). The van der Waals surface area contributed by atoms with Crippen LogP contribution in [0.5, 0.6) is 0 Å². The molecule has 0 aliphatic rings. The first-order valence-corrected chi connectivity index (χ1v) is 9.14. The van der Waals surface area contributed by atoms with Crippen LogP contribution in [0.1, 0.15) is 0 Å². The number of non-ortho nitro benzene ring substituents is 1. The molecule has 3 aromatic rings. The van der Waals surface area contributed by atoms with Crippen LogP contribution in [0.15, 0.2) is 65.7 Å². The number of carbonyl (C=O) groups excluding carboxylic acids is 1. The number of amides is 1. The molecule has 0 saturated heterocycles. The van der Waals surface area contributed by atoms with E-state index in [4.69, 9.17) is 11.6 Å². The molecule has 0 spiro atoms. The monoisotopic (exact) mass is 400 g/mol. The Kier molecular flexibility index (Phi) is 6.00. The zero-order valence-electron chi connectivity index (χ0n) is 13.8. The second-order valence-electron chi connectivity index (χ2n) is 5.40. The van der Waals surface area contributed by atoms with E-state index in [-0.39, 0.29) is 17.3 Å².